The van der Waals surface area contributed by atoms with Gasteiger partial charge in [0.15, 0.2) is 6.10 Å². The van der Waals surface area contributed by atoms with Crippen LogP contribution in [0.3, 0.4) is 0 Å². The predicted molar refractivity (Wildman–Crippen MR) is 73.3 cm³/mol. The third-order valence-electron chi connectivity index (χ3n) is 3.42. The molecule has 1 aliphatic rings. The molecule has 1 aliphatic heterocycles. The van der Waals surface area contributed by atoms with Gasteiger partial charge in [0.1, 0.15) is 5.75 Å². The van der Waals surface area contributed by atoms with Crippen molar-refractivity contribution in [2.75, 3.05) is 11.9 Å². The number of ether oxygens (including phenoxy) is 1. The quantitative estimate of drug-likeness (QED) is 0.765. The molecule has 3 N–H and O–H groups in total. The number of anilines is 1. The third-order valence-corrected chi connectivity index (χ3v) is 3.42. The molecule has 1 heterocycles. The molecule has 0 saturated heterocycles. The van der Waals surface area contributed by atoms with Crippen molar-refractivity contribution in [3.63, 3.8) is 0 Å². The van der Waals surface area contributed by atoms with Gasteiger partial charge in [-0.05, 0) is 32.9 Å². The summed E-state index contributed by atoms with van der Waals surface area (Å²) in [6.45, 7) is 5.62. The molecule has 0 radical (unpaired) electrons. The van der Waals surface area contributed by atoms with Crippen molar-refractivity contribution in [3.05, 3.63) is 24.3 Å². The molecule has 1 amide bonds. The second-order valence-electron chi connectivity index (χ2n) is 5.37. The summed E-state index contributed by atoms with van der Waals surface area (Å²) in [6, 6.07) is 7.50. The van der Waals surface area contributed by atoms with Crippen LogP contribution in [-0.4, -0.2) is 35.3 Å². The number of aliphatic hydroxyl groups excluding tert-OH is 1. The first-order valence-corrected chi connectivity index (χ1v) is 6.40. The molecule has 104 valence electrons. The largest absolute Gasteiger partial charge is 0.477 e. The third kappa shape index (κ3) is 2.98. The van der Waals surface area contributed by atoms with Crippen LogP contribution < -0.4 is 15.4 Å². The van der Waals surface area contributed by atoms with Crippen LogP contribution in [0, 0.1) is 0 Å². The Kier molecular flexibility index (Phi) is 3.66. The summed E-state index contributed by atoms with van der Waals surface area (Å²) < 4.78 is 5.66. The van der Waals surface area contributed by atoms with E-state index in [4.69, 9.17) is 4.74 Å². The standard InChI is InChI=1S/C14H20N2O3/c1-9(17)14(2,3)16-13(18)12-8-15-10-6-4-5-7-11(10)19-12/h4-7,9,12,15,17H,8H2,1-3H3,(H,16,18). The summed E-state index contributed by atoms with van der Waals surface area (Å²) >= 11 is 0. The smallest absolute Gasteiger partial charge is 0.263 e. The Hall–Kier alpha value is -1.75. The predicted octanol–water partition coefficient (Wildman–Crippen LogP) is 1.14. The molecule has 2 atom stereocenters. The van der Waals surface area contributed by atoms with Gasteiger partial charge in [-0.25, -0.2) is 0 Å². The Morgan fingerprint density at radius 3 is 2.89 bits per heavy atom. The Morgan fingerprint density at radius 2 is 2.21 bits per heavy atom. The fraction of sp³-hybridized carbons (Fsp3) is 0.500. The minimum absolute atomic E-state index is 0.229. The van der Waals surface area contributed by atoms with Crippen LogP contribution in [0.5, 0.6) is 5.75 Å². The van der Waals surface area contributed by atoms with E-state index in [0.717, 1.165) is 5.69 Å². The van der Waals surface area contributed by atoms with Crippen molar-refractivity contribution in [2.45, 2.75) is 38.5 Å². The molecule has 19 heavy (non-hydrogen) atoms. The molecule has 2 rings (SSSR count). The summed E-state index contributed by atoms with van der Waals surface area (Å²) in [5.41, 5.74) is 0.207. The van der Waals surface area contributed by atoms with E-state index in [-0.39, 0.29) is 5.91 Å². The normalized spacial score (nSPS) is 19.7. The van der Waals surface area contributed by atoms with E-state index in [0.29, 0.717) is 12.3 Å². The second-order valence-corrected chi connectivity index (χ2v) is 5.37. The van der Waals surface area contributed by atoms with Crippen molar-refractivity contribution in [2.24, 2.45) is 0 Å². The SMILES string of the molecule is CC(O)C(C)(C)NC(=O)C1CNc2ccccc2O1. The number of fused-ring (bicyclic) bond motifs is 1. The molecule has 1 aromatic carbocycles. The van der Waals surface area contributed by atoms with E-state index in [9.17, 15) is 9.90 Å². The van der Waals surface area contributed by atoms with Crippen molar-refractivity contribution < 1.29 is 14.6 Å². The molecule has 5 heteroatoms. The average Bonchev–Trinajstić information content (AvgIpc) is 2.37. The first-order valence-electron chi connectivity index (χ1n) is 6.40. The van der Waals surface area contributed by atoms with Crippen LogP contribution in [0.2, 0.25) is 0 Å². The van der Waals surface area contributed by atoms with Crippen molar-refractivity contribution in [1.82, 2.24) is 5.32 Å². The van der Waals surface area contributed by atoms with E-state index >= 15 is 0 Å². The number of benzene rings is 1. The van der Waals surface area contributed by atoms with Gasteiger partial charge in [-0.3, -0.25) is 4.79 Å². The Bertz CT molecular complexity index is 472. The maximum Gasteiger partial charge on any atom is 0.263 e. The zero-order chi connectivity index (χ0) is 14.0. The molecule has 0 aromatic heterocycles. The van der Waals surface area contributed by atoms with E-state index in [1.54, 1.807) is 20.8 Å². The minimum atomic E-state index is -0.683. The van der Waals surface area contributed by atoms with Gasteiger partial charge in [0.2, 0.25) is 0 Å². The second kappa shape index (κ2) is 5.09. The van der Waals surface area contributed by atoms with E-state index in [1.807, 2.05) is 24.3 Å². The molecule has 0 aliphatic carbocycles. The molecule has 0 fully saturated rings. The van der Waals surface area contributed by atoms with E-state index < -0.39 is 17.7 Å². The maximum absolute atomic E-state index is 12.1. The minimum Gasteiger partial charge on any atom is -0.477 e. The number of amides is 1. The fourth-order valence-corrected chi connectivity index (χ4v) is 1.76. The highest BCUT2D eigenvalue weighted by atomic mass is 16.5. The first kappa shape index (κ1) is 13.7. The summed E-state index contributed by atoms with van der Waals surface area (Å²) in [7, 11) is 0. The van der Waals surface area contributed by atoms with Gasteiger partial charge >= 0.3 is 0 Å². The summed E-state index contributed by atoms with van der Waals surface area (Å²) in [4.78, 5) is 12.1. The fourth-order valence-electron chi connectivity index (χ4n) is 1.76. The number of hydrogen-bond donors (Lipinski definition) is 3. The highest BCUT2D eigenvalue weighted by Gasteiger charge is 2.32. The number of aliphatic hydroxyl groups is 1. The highest BCUT2D eigenvalue weighted by molar-refractivity contribution is 5.83. The summed E-state index contributed by atoms with van der Waals surface area (Å²) in [6.07, 6.45) is -1.23. The highest BCUT2D eigenvalue weighted by Crippen LogP contribution is 2.28. The lowest BCUT2D eigenvalue weighted by Gasteiger charge is -2.33. The monoisotopic (exact) mass is 264 g/mol. The molecule has 1 aromatic rings. The van der Waals surface area contributed by atoms with Gasteiger partial charge < -0.3 is 20.5 Å². The molecular formula is C14H20N2O3. The summed E-state index contributed by atoms with van der Waals surface area (Å²) in [5, 5.41) is 15.6. The van der Waals surface area contributed by atoms with Crippen molar-refractivity contribution in [1.29, 1.82) is 0 Å². The lowest BCUT2D eigenvalue weighted by molar-refractivity contribution is -0.130. The van der Waals surface area contributed by atoms with Crippen molar-refractivity contribution >= 4 is 11.6 Å². The van der Waals surface area contributed by atoms with Gasteiger partial charge in [-0.1, -0.05) is 12.1 Å². The van der Waals surface area contributed by atoms with Crippen LogP contribution in [0.4, 0.5) is 5.69 Å². The molecule has 0 saturated carbocycles. The molecule has 5 nitrogen and oxygen atoms in total. The van der Waals surface area contributed by atoms with Crippen LogP contribution in [-0.2, 0) is 4.79 Å². The zero-order valence-corrected chi connectivity index (χ0v) is 11.4. The molecular weight excluding hydrogens is 244 g/mol. The van der Waals surface area contributed by atoms with Crippen LogP contribution in [0.25, 0.3) is 0 Å². The van der Waals surface area contributed by atoms with E-state index in [2.05, 4.69) is 10.6 Å². The van der Waals surface area contributed by atoms with Crippen LogP contribution in [0.1, 0.15) is 20.8 Å². The average molecular weight is 264 g/mol. The van der Waals surface area contributed by atoms with Gasteiger partial charge in [0, 0.05) is 0 Å². The van der Waals surface area contributed by atoms with Gasteiger partial charge in [0.05, 0.1) is 23.9 Å². The van der Waals surface area contributed by atoms with Crippen molar-refractivity contribution in [3.8, 4) is 5.75 Å². The number of para-hydroxylation sites is 2. The number of rotatable bonds is 3. The lowest BCUT2D eigenvalue weighted by Crippen LogP contribution is -2.56. The van der Waals surface area contributed by atoms with Crippen LogP contribution >= 0.6 is 0 Å². The topological polar surface area (TPSA) is 70.6 Å². The van der Waals surface area contributed by atoms with E-state index in [1.165, 1.54) is 0 Å². The Morgan fingerprint density at radius 1 is 1.53 bits per heavy atom. The molecule has 0 bridgehead atoms. The van der Waals surface area contributed by atoms with Gasteiger partial charge in [-0.15, -0.1) is 0 Å². The molecule has 2 unspecified atom stereocenters. The maximum atomic E-state index is 12.1. The zero-order valence-electron chi connectivity index (χ0n) is 11.4. The first-order chi connectivity index (χ1) is 8.90. The number of carbonyl (C=O) groups excluding carboxylic acids is 1. The Balaban J connectivity index is 2.03. The summed E-state index contributed by atoms with van der Waals surface area (Å²) in [5.74, 6) is 0.441. The number of carbonyl (C=O) groups is 1. The van der Waals surface area contributed by atoms with Gasteiger partial charge in [0.25, 0.3) is 5.91 Å². The number of nitrogens with one attached hydrogen (secondary N) is 2. The lowest BCUT2D eigenvalue weighted by atomic mass is 9.98. The molecule has 0 spiro atoms. The number of hydrogen-bond acceptors (Lipinski definition) is 4. The Labute approximate surface area is 113 Å². The van der Waals surface area contributed by atoms with Crippen LogP contribution in [0.15, 0.2) is 24.3 Å². The van der Waals surface area contributed by atoms with Gasteiger partial charge in [-0.2, -0.15) is 0 Å².